The predicted octanol–water partition coefficient (Wildman–Crippen LogP) is 2.90. The SMILES string of the molecule is CC(=O)[C@@H]1C[C@H](C#N)[C@]1(SCCCCCS)C(C)=O. The van der Waals surface area contributed by atoms with E-state index in [1.165, 1.54) is 25.6 Å². The Labute approximate surface area is 124 Å². The quantitative estimate of drug-likeness (QED) is 0.553. The van der Waals surface area contributed by atoms with Crippen LogP contribution in [0, 0.1) is 23.2 Å². The average molecular weight is 299 g/mol. The van der Waals surface area contributed by atoms with E-state index in [9.17, 15) is 14.9 Å². The summed E-state index contributed by atoms with van der Waals surface area (Å²) in [6, 6.07) is 2.20. The van der Waals surface area contributed by atoms with Crippen LogP contribution in [0.1, 0.15) is 39.5 Å². The summed E-state index contributed by atoms with van der Waals surface area (Å²) >= 11 is 5.68. The molecular formula is C14H21NO2S2. The van der Waals surface area contributed by atoms with Crippen LogP contribution in [0.5, 0.6) is 0 Å². The fourth-order valence-corrected chi connectivity index (χ4v) is 4.64. The van der Waals surface area contributed by atoms with Crippen molar-refractivity contribution in [1.82, 2.24) is 0 Å². The minimum atomic E-state index is -0.776. The van der Waals surface area contributed by atoms with Crippen LogP contribution in [-0.4, -0.2) is 27.8 Å². The van der Waals surface area contributed by atoms with Crippen molar-refractivity contribution < 1.29 is 9.59 Å². The van der Waals surface area contributed by atoms with Crippen molar-refractivity contribution in [2.24, 2.45) is 11.8 Å². The van der Waals surface area contributed by atoms with Gasteiger partial charge in [-0.2, -0.15) is 17.9 Å². The van der Waals surface area contributed by atoms with Crippen LogP contribution in [0.2, 0.25) is 0 Å². The molecule has 1 saturated carbocycles. The summed E-state index contributed by atoms with van der Waals surface area (Å²) in [5.41, 5.74) is 0. The van der Waals surface area contributed by atoms with E-state index < -0.39 is 4.75 Å². The highest BCUT2D eigenvalue weighted by molar-refractivity contribution is 8.01. The molecule has 0 radical (unpaired) electrons. The lowest BCUT2D eigenvalue weighted by Gasteiger charge is -2.49. The van der Waals surface area contributed by atoms with E-state index in [2.05, 4.69) is 18.7 Å². The highest BCUT2D eigenvalue weighted by Crippen LogP contribution is 2.54. The molecule has 0 aliphatic heterocycles. The van der Waals surface area contributed by atoms with Crippen LogP contribution < -0.4 is 0 Å². The Hall–Kier alpha value is -0.470. The number of hydrogen-bond acceptors (Lipinski definition) is 5. The normalized spacial score (nSPS) is 29.4. The van der Waals surface area contributed by atoms with E-state index >= 15 is 0 Å². The minimum Gasteiger partial charge on any atom is -0.300 e. The summed E-state index contributed by atoms with van der Waals surface area (Å²) < 4.78 is -0.776. The smallest absolute Gasteiger partial charge is 0.147 e. The second-order valence-corrected chi connectivity index (χ2v) is 6.88. The zero-order chi connectivity index (χ0) is 14.5. The number of unbranched alkanes of at least 4 members (excludes halogenated alkanes) is 2. The van der Waals surface area contributed by atoms with Crippen molar-refractivity contribution in [3.05, 3.63) is 0 Å². The highest BCUT2D eigenvalue weighted by atomic mass is 32.2. The van der Waals surface area contributed by atoms with Gasteiger partial charge in [0.05, 0.1) is 16.7 Å². The van der Waals surface area contributed by atoms with Gasteiger partial charge in [0.2, 0.25) is 0 Å². The first kappa shape index (κ1) is 16.6. The molecule has 19 heavy (non-hydrogen) atoms. The molecule has 3 atom stereocenters. The number of nitriles is 1. The summed E-state index contributed by atoms with van der Waals surface area (Å²) in [6.07, 6.45) is 3.68. The van der Waals surface area contributed by atoms with Gasteiger partial charge in [0.25, 0.3) is 0 Å². The molecular weight excluding hydrogens is 278 g/mol. The van der Waals surface area contributed by atoms with Crippen molar-refractivity contribution in [3.63, 3.8) is 0 Å². The standard InChI is InChI=1S/C14H21NO2S2/c1-10(16)13-8-12(9-15)14(13,11(2)17)19-7-5-3-4-6-18/h12-13,18H,3-8H2,1-2H3/t12-,13+,14-/m1/s1. The molecule has 1 aliphatic rings. The molecule has 0 N–H and O–H groups in total. The number of hydrogen-bond donors (Lipinski definition) is 1. The maximum absolute atomic E-state index is 12.0. The van der Waals surface area contributed by atoms with Gasteiger partial charge in [-0.25, -0.2) is 0 Å². The van der Waals surface area contributed by atoms with Crippen molar-refractivity contribution in [2.75, 3.05) is 11.5 Å². The molecule has 5 heteroatoms. The molecule has 0 heterocycles. The van der Waals surface area contributed by atoms with Crippen molar-refractivity contribution in [2.45, 2.75) is 44.3 Å². The largest absolute Gasteiger partial charge is 0.300 e. The summed E-state index contributed by atoms with van der Waals surface area (Å²) in [4.78, 5) is 23.7. The van der Waals surface area contributed by atoms with E-state index in [1.54, 1.807) is 0 Å². The molecule has 0 unspecified atom stereocenters. The van der Waals surface area contributed by atoms with E-state index in [-0.39, 0.29) is 23.4 Å². The average Bonchev–Trinajstić information content (AvgIpc) is 2.31. The number of carbonyl (C=O) groups excluding carboxylic acids is 2. The second-order valence-electron chi connectivity index (χ2n) is 5.06. The first-order chi connectivity index (χ1) is 9.00. The molecule has 1 aliphatic carbocycles. The number of thiol groups is 1. The lowest BCUT2D eigenvalue weighted by atomic mass is 9.61. The molecule has 0 aromatic rings. The number of thioether (sulfide) groups is 1. The number of carbonyl (C=O) groups is 2. The van der Waals surface area contributed by atoms with E-state index in [0.29, 0.717) is 6.42 Å². The molecule has 0 amide bonds. The molecule has 1 rings (SSSR count). The topological polar surface area (TPSA) is 57.9 Å². The van der Waals surface area contributed by atoms with Crippen molar-refractivity contribution in [3.8, 4) is 6.07 Å². The Bertz CT molecular complexity index is 391. The van der Waals surface area contributed by atoms with Gasteiger partial charge in [0.15, 0.2) is 0 Å². The van der Waals surface area contributed by atoms with Gasteiger partial charge in [-0.05, 0) is 44.6 Å². The van der Waals surface area contributed by atoms with Gasteiger partial charge in [-0.1, -0.05) is 6.42 Å². The Balaban J connectivity index is 2.69. The number of Topliss-reactive ketones (excluding diaryl/α,β-unsaturated/α-hetero) is 2. The molecule has 0 aromatic heterocycles. The van der Waals surface area contributed by atoms with Crippen LogP contribution >= 0.6 is 24.4 Å². The lowest BCUT2D eigenvalue weighted by Crippen LogP contribution is -2.60. The third kappa shape index (κ3) is 3.35. The van der Waals surface area contributed by atoms with Gasteiger partial charge < -0.3 is 0 Å². The predicted molar refractivity (Wildman–Crippen MR) is 81.5 cm³/mol. The van der Waals surface area contributed by atoms with Gasteiger partial charge >= 0.3 is 0 Å². The monoisotopic (exact) mass is 299 g/mol. The molecule has 0 saturated heterocycles. The van der Waals surface area contributed by atoms with E-state index in [0.717, 1.165) is 30.8 Å². The van der Waals surface area contributed by atoms with Gasteiger partial charge in [0, 0.05) is 5.92 Å². The molecule has 0 aromatic carbocycles. The summed E-state index contributed by atoms with van der Waals surface area (Å²) in [6.45, 7) is 3.04. The van der Waals surface area contributed by atoms with Crippen molar-refractivity contribution in [1.29, 1.82) is 5.26 Å². The fourth-order valence-electron chi connectivity index (χ4n) is 2.71. The van der Waals surface area contributed by atoms with E-state index in [1.807, 2.05) is 0 Å². The van der Waals surface area contributed by atoms with Gasteiger partial charge in [-0.15, -0.1) is 11.8 Å². The first-order valence-electron chi connectivity index (χ1n) is 6.66. The maximum atomic E-state index is 12.0. The Morgan fingerprint density at radius 1 is 1.37 bits per heavy atom. The lowest BCUT2D eigenvalue weighted by molar-refractivity contribution is -0.135. The summed E-state index contributed by atoms with van der Waals surface area (Å²) in [5, 5.41) is 9.17. The van der Waals surface area contributed by atoms with Gasteiger partial charge in [-0.3, -0.25) is 9.59 Å². The molecule has 106 valence electrons. The maximum Gasteiger partial charge on any atom is 0.147 e. The molecule has 3 nitrogen and oxygen atoms in total. The zero-order valence-corrected chi connectivity index (χ0v) is 13.2. The Kier molecular flexibility index (Phi) is 6.41. The van der Waals surface area contributed by atoms with Crippen LogP contribution in [0.4, 0.5) is 0 Å². The number of nitrogens with zero attached hydrogens (tertiary/aromatic N) is 1. The van der Waals surface area contributed by atoms with Crippen LogP contribution in [0.25, 0.3) is 0 Å². The molecule has 1 fully saturated rings. The zero-order valence-electron chi connectivity index (χ0n) is 11.5. The Morgan fingerprint density at radius 3 is 2.53 bits per heavy atom. The third-order valence-corrected chi connectivity index (χ3v) is 5.99. The minimum absolute atomic E-state index is 0.0234. The molecule has 0 bridgehead atoms. The molecule has 0 spiro atoms. The van der Waals surface area contributed by atoms with Crippen LogP contribution in [0.15, 0.2) is 0 Å². The Morgan fingerprint density at radius 2 is 2.05 bits per heavy atom. The van der Waals surface area contributed by atoms with Crippen LogP contribution in [0.3, 0.4) is 0 Å². The van der Waals surface area contributed by atoms with Gasteiger partial charge in [0.1, 0.15) is 11.6 Å². The summed E-state index contributed by atoms with van der Waals surface area (Å²) in [7, 11) is 0. The van der Waals surface area contributed by atoms with Crippen LogP contribution in [-0.2, 0) is 9.59 Å². The summed E-state index contributed by atoms with van der Waals surface area (Å²) in [5.74, 6) is 1.13. The number of rotatable bonds is 8. The fraction of sp³-hybridized carbons (Fsp3) is 0.786. The first-order valence-corrected chi connectivity index (χ1v) is 8.28. The second kappa shape index (κ2) is 7.35. The third-order valence-electron chi connectivity index (χ3n) is 3.85. The van der Waals surface area contributed by atoms with E-state index in [4.69, 9.17) is 0 Å². The highest BCUT2D eigenvalue weighted by Gasteiger charge is 2.60. The number of ketones is 2. The van der Waals surface area contributed by atoms with Crippen molar-refractivity contribution >= 4 is 36.0 Å².